The number of para-hydroxylation sites is 1. The second kappa shape index (κ2) is 16.4. The minimum absolute atomic E-state index is 0.240. The smallest absolute Gasteiger partial charge is 0.158 e. The maximum absolute atomic E-state index is 6.64. The van der Waals surface area contributed by atoms with Gasteiger partial charge in [0.05, 0.1) is 22.1 Å². The fourth-order valence-electron chi connectivity index (χ4n) is 7.12. The highest BCUT2D eigenvalue weighted by Crippen LogP contribution is 2.41. The Morgan fingerprint density at radius 3 is 2.00 bits per heavy atom. The van der Waals surface area contributed by atoms with Gasteiger partial charge in [-0.3, -0.25) is 4.99 Å². The Morgan fingerprint density at radius 2 is 1.34 bits per heavy atom. The number of aliphatic imine (C=N–C) groups is 4. The van der Waals surface area contributed by atoms with E-state index in [2.05, 4.69) is 99.9 Å². The van der Waals surface area contributed by atoms with E-state index in [0.29, 0.717) is 29.9 Å². The van der Waals surface area contributed by atoms with Crippen molar-refractivity contribution < 1.29 is 0 Å². The maximum Gasteiger partial charge on any atom is 0.158 e. The van der Waals surface area contributed by atoms with E-state index in [0.717, 1.165) is 78.0 Å². The van der Waals surface area contributed by atoms with Crippen molar-refractivity contribution in [2.24, 2.45) is 37.2 Å². The minimum atomic E-state index is 0.240. The Kier molecular flexibility index (Phi) is 10.9. The molecular weight excluding hydrogens is 691 g/mol. The molecule has 5 aromatic carbocycles. The highest BCUT2D eigenvalue weighted by atomic mass is 15.1. The van der Waals surface area contributed by atoms with Gasteiger partial charge in [0, 0.05) is 62.2 Å². The molecule has 0 unspecified atom stereocenters. The summed E-state index contributed by atoms with van der Waals surface area (Å²) >= 11 is 0. The van der Waals surface area contributed by atoms with Crippen molar-refractivity contribution in [2.75, 3.05) is 6.54 Å². The van der Waals surface area contributed by atoms with E-state index in [1.165, 1.54) is 6.20 Å². The maximum atomic E-state index is 6.64. The lowest BCUT2D eigenvalue weighted by Crippen LogP contribution is -2.17. The zero-order chi connectivity index (χ0) is 39.2. The summed E-state index contributed by atoms with van der Waals surface area (Å²) in [5.74, 6) is 1.75. The predicted octanol–water partition coefficient (Wildman–Crippen LogP) is 9.31. The lowest BCUT2D eigenvalue weighted by atomic mass is 10.1. The molecule has 0 aliphatic heterocycles. The van der Waals surface area contributed by atoms with E-state index in [-0.39, 0.29) is 6.67 Å². The van der Waals surface area contributed by atoms with Crippen LogP contribution < -0.4 is 17.2 Å². The number of fused-ring (bicyclic) bond motifs is 7. The molecule has 0 amide bonds. The van der Waals surface area contributed by atoms with Gasteiger partial charge in [-0.2, -0.15) is 0 Å². The van der Waals surface area contributed by atoms with Gasteiger partial charge in [0.15, 0.2) is 5.84 Å². The fraction of sp³-hybridized carbons (Fsp3) is 0.106. The monoisotopic (exact) mass is 735 g/mol. The van der Waals surface area contributed by atoms with E-state index < -0.39 is 0 Å². The third-order valence-corrected chi connectivity index (χ3v) is 9.65. The van der Waals surface area contributed by atoms with Crippen LogP contribution in [0.1, 0.15) is 37.0 Å². The molecule has 0 saturated heterocycles. The standard InChI is InChI=1S/C47H45N9/c1-5-15-31(16-6-2)46(50)54-47(32-17-11-9-12-18-32)53-30-55-40-25-21-34(45(49)52-27-7-3)28-38(40)36-23-24-37-39-29-33(44(48)51-8-4)22-26-41(39)56(43(37)42(36)55)35-19-13-10-14-20-35/h5-6,8-26,28-29H,1,4,7,27,30H2,2-3H3,(H2,48,51)(H2,49,52)(H2,50,53,54)/b16-6-,31-15+. The topological polar surface area (TPSA) is 137 Å². The van der Waals surface area contributed by atoms with Crippen LogP contribution in [0.4, 0.5) is 0 Å². The number of allylic oxidation sites excluding steroid dienone is 3. The van der Waals surface area contributed by atoms with E-state index >= 15 is 0 Å². The number of hydrogen-bond donors (Lipinski definition) is 3. The third-order valence-electron chi connectivity index (χ3n) is 9.65. The van der Waals surface area contributed by atoms with Crippen LogP contribution in [-0.2, 0) is 6.67 Å². The Labute approximate surface area is 326 Å². The van der Waals surface area contributed by atoms with Gasteiger partial charge in [-0.15, -0.1) is 0 Å². The number of hydrogen-bond acceptors (Lipinski definition) is 3. The summed E-state index contributed by atoms with van der Waals surface area (Å²) in [5, 5.41) is 4.17. The molecule has 278 valence electrons. The van der Waals surface area contributed by atoms with E-state index in [4.69, 9.17) is 27.2 Å². The van der Waals surface area contributed by atoms with E-state index in [1.807, 2.05) is 73.7 Å². The van der Waals surface area contributed by atoms with Gasteiger partial charge in [0.1, 0.15) is 24.2 Å². The first-order valence-corrected chi connectivity index (χ1v) is 18.6. The molecule has 6 N–H and O–H groups in total. The lowest BCUT2D eigenvalue weighted by molar-refractivity contribution is 0.792. The number of amidine groups is 4. The average Bonchev–Trinajstić information content (AvgIpc) is 3.73. The zero-order valence-corrected chi connectivity index (χ0v) is 31.7. The molecule has 9 nitrogen and oxygen atoms in total. The summed E-state index contributed by atoms with van der Waals surface area (Å²) in [4.78, 5) is 19.1. The number of rotatable bonds is 12. The van der Waals surface area contributed by atoms with Crippen LogP contribution in [0.15, 0.2) is 178 Å². The predicted molar refractivity (Wildman–Crippen MR) is 238 cm³/mol. The number of aromatic nitrogens is 2. The first-order chi connectivity index (χ1) is 27.4. The molecule has 0 atom stereocenters. The van der Waals surface area contributed by atoms with Gasteiger partial charge in [-0.1, -0.05) is 105 Å². The Bertz CT molecular complexity index is 2790. The third kappa shape index (κ3) is 7.05. The van der Waals surface area contributed by atoms with Crippen LogP contribution in [0.3, 0.4) is 0 Å². The number of nitrogens with zero attached hydrogens (tertiary/aromatic N) is 6. The molecule has 56 heavy (non-hydrogen) atoms. The van der Waals surface area contributed by atoms with Crippen LogP contribution in [0.25, 0.3) is 49.3 Å². The zero-order valence-electron chi connectivity index (χ0n) is 31.7. The largest absolute Gasteiger partial charge is 0.384 e. The first-order valence-electron chi connectivity index (χ1n) is 18.6. The van der Waals surface area contributed by atoms with Crippen molar-refractivity contribution in [1.82, 2.24) is 9.13 Å². The highest BCUT2D eigenvalue weighted by Gasteiger charge is 2.22. The van der Waals surface area contributed by atoms with Gasteiger partial charge in [-0.25, -0.2) is 15.0 Å². The Hall–Kier alpha value is -7.26. The molecule has 0 saturated carbocycles. The molecule has 0 aliphatic carbocycles. The summed E-state index contributed by atoms with van der Waals surface area (Å²) in [6, 6.07) is 37.1. The van der Waals surface area contributed by atoms with Crippen LogP contribution in [0.5, 0.6) is 0 Å². The Morgan fingerprint density at radius 1 is 0.696 bits per heavy atom. The summed E-state index contributed by atoms with van der Waals surface area (Å²) in [6.07, 6.45) is 9.73. The fourth-order valence-corrected chi connectivity index (χ4v) is 7.12. The molecule has 0 spiro atoms. The Balaban J connectivity index is 1.58. The summed E-state index contributed by atoms with van der Waals surface area (Å²) in [5.41, 5.74) is 27.9. The molecular formula is C47H45N9. The van der Waals surface area contributed by atoms with Gasteiger partial charge in [0.2, 0.25) is 0 Å². The van der Waals surface area contributed by atoms with Gasteiger partial charge in [0.25, 0.3) is 0 Å². The van der Waals surface area contributed by atoms with Gasteiger partial charge in [-0.05, 0) is 61.9 Å². The van der Waals surface area contributed by atoms with Crippen molar-refractivity contribution in [3.8, 4) is 5.69 Å². The van der Waals surface area contributed by atoms with Crippen LogP contribution in [0.2, 0.25) is 0 Å². The normalized spacial score (nSPS) is 13.5. The average molecular weight is 736 g/mol. The molecule has 9 heteroatoms. The number of nitrogens with two attached hydrogens (primary N) is 3. The van der Waals surface area contributed by atoms with Crippen molar-refractivity contribution in [3.63, 3.8) is 0 Å². The summed E-state index contributed by atoms with van der Waals surface area (Å²) in [7, 11) is 0. The van der Waals surface area contributed by atoms with Crippen molar-refractivity contribution in [1.29, 1.82) is 0 Å². The second-order valence-corrected chi connectivity index (χ2v) is 13.2. The van der Waals surface area contributed by atoms with Crippen LogP contribution in [0, 0.1) is 0 Å². The van der Waals surface area contributed by atoms with E-state index in [1.54, 1.807) is 6.08 Å². The minimum Gasteiger partial charge on any atom is -0.384 e. The molecule has 7 aromatic rings. The summed E-state index contributed by atoms with van der Waals surface area (Å²) in [6.45, 7) is 12.5. The van der Waals surface area contributed by atoms with Crippen molar-refractivity contribution in [2.45, 2.75) is 26.9 Å². The molecule has 7 rings (SSSR count). The number of benzene rings is 5. The van der Waals surface area contributed by atoms with Crippen LogP contribution >= 0.6 is 0 Å². The van der Waals surface area contributed by atoms with Crippen LogP contribution in [-0.4, -0.2) is 39.0 Å². The lowest BCUT2D eigenvalue weighted by Gasteiger charge is -2.12. The molecule has 0 bridgehead atoms. The molecule has 2 heterocycles. The van der Waals surface area contributed by atoms with Crippen molar-refractivity contribution >= 4 is 67.0 Å². The molecule has 0 radical (unpaired) electrons. The highest BCUT2D eigenvalue weighted by molar-refractivity contribution is 6.24. The second-order valence-electron chi connectivity index (χ2n) is 13.2. The molecule has 0 aliphatic rings. The van der Waals surface area contributed by atoms with E-state index in [9.17, 15) is 0 Å². The molecule has 2 aromatic heterocycles. The SMILES string of the molecule is C=C/C=C(\C=C/C)C(/N)=N\C(=N/Cn1c2ccc(C(N)=NCCC)cc2c2ccc3c4cc(C(N)=NC=C)ccc4n(-c4ccccc4)c3c21)c1ccccc1. The van der Waals surface area contributed by atoms with Gasteiger partial charge < -0.3 is 26.3 Å². The summed E-state index contributed by atoms with van der Waals surface area (Å²) < 4.78 is 4.57. The van der Waals surface area contributed by atoms with Gasteiger partial charge >= 0.3 is 0 Å². The quantitative estimate of drug-likeness (QED) is 0.0655. The molecule has 0 fully saturated rings. The van der Waals surface area contributed by atoms with Crippen molar-refractivity contribution in [3.05, 3.63) is 175 Å². The first kappa shape index (κ1) is 37.1.